The largest absolute Gasteiger partial charge is 0.344 e. The number of hydrogen-bond donors (Lipinski definition) is 1. The van der Waals surface area contributed by atoms with Crippen molar-refractivity contribution in [1.82, 2.24) is 20.2 Å². The van der Waals surface area contributed by atoms with Crippen LogP contribution < -0.4 is 5.32 Å². The molecular weight excluding hydrogens is 468 g/mol. The van der Waals surface area contributed by atoms with Crippen LogP contribution in [0.4, 0.5) is 0 Å². The number of ketones is 2. The number of fused-ring (bicyclic) bond motifs is 1. The molecule has 37 heavy (non-hydrogen) atoms. The summed E-state index contributed by atoms with van der Waals surface area (Å²) in [5.74, 6) is -0.492. The maximum absolute atomic E-state index is 14.0. The van der Waals surface area contributed by atoms with Crippen LogP contribution in [0.1, 0.15) is 96.0 Å². The lowest BCUT2D eigenvalue weighted by Gasteiger charge is -2.37. The summed E-state index contributed by atoms with van der Waals surface area (Å²) in [4.78, 5) is 63.4. The minimum absolute atomic E-state index is 0.0244. The fourth-order valence-electron chi connectivity index (χ4n) is 6.87. The van der Waals surface area contributed by atoms with Crippen molar-refractivity contribution in [2.24, 2.45) is 29.1 Å². The van der Waals surface area contributed by atoms with Gasteiger partial charge < -0.3 is 10.2 Å². The molecule has 2 heterocycles. The first-order chi connectivity index (χ1) is 17.6. The highest BCUT2D eigenvalue weighted by Crippen LogP contribution is 2.43. The summed E-state index contributed by atoms with van der Waals surface area (Å²) < 4.78 is 0. The monoisotopic (exact) mass is 510 g/mol. The molecule has 0 radical (unpaired) electrons. The Kier molecular flexibility index (Phi) is 8.44. The van der Waals surface area contributed by atoms with Gasteiger partial charge in [0.15, 0.2) is 11.6 Å². The zero-order chi connectivity index (χ0) is 26.7. The van der Waals surface area contributed by atoms with Crippen molar-refractivity contribution in [2.75, 3.05) is 6.54 Å². The Bertz CT molecular complexity index is 999. The Balaban J connectivity index is 1.56. The summed E-state index contributed by atoms with van der Waals surface area (Å²) in [7, 11) is 0. The van der Waals surface area contributed by atoms with Gasteiger partial charge in [0.2, 0.25) is 11.8 Å². The average molecular weight is 511 g/mol. The molecule has 2 amide bonds. The molecule has 0 aromatic carbocycles. The van der Waals surface area contributed by atoms with E-state index in [9.17, 15) is 19.2 Å². The summed E-state index contributed by atoms with van der Waals surface area (Å²) in [5.41, 5.74) is -0.301. The molecule has 3 fully saturated rings. The Hall–Kier alpha value is -2.64. The molecule has 1 unspecified atom stereocenters. The molecular formula is C29H42N4O4. The second kappa shape index (κ2) is 11.4. The molecule has 1 aromatic rings. The van der Waals surface area contributed by atoms with Gasteiger partial charge in [-0.2, -0.15) is 0 Å². The van der Waals surface area contributed by atoms with Crippen molar-refractivity contribution in [2.45, 2.75) is 97.6 Å². The first-order valence-electron chi connectivity index (χ1n) is 14.0. The average Bonchev–Trinajstić information content (AvgIpc) is 3.47. The quantitative estimate of drug-likeness (QED) is 0.530. The van der Waals surface area contributed by atoms with E-state index in [4.69, 9.17) is 0 Å². The van der Waals surface area contributed by atoms with Crippen LogP contribution in [0.15, 0.2) is 18.6 Å². The molecule has 0 spiro atoms. The highest BCUT2D eigenvalue weighted by Gasteiger charge is 2.50. The van der Waals surface area contributed by atoms with Gasteiger partial charge in [-0.05, 0) is 55.8 Å². The summed E-state index contributed by atoms with van der Waals surface area (Å²) >= 11 is 0. The molecule has 2 saturated carbocycles. The molecule has 8 nitrogen and oxygen atoms in total. The van der Waals surface area contributed by atoms with Crippen LogP contribution in [0, 0.1) is 29.1 Å². The van der Waals surface area contributed by atoms with Crippen molar-refractivity contribution < 1.29 is 19.2 Å². The van der Waals surface area contributed by atoms with Gasteiger partial charge >= 0.3 is 0 Å². The Morgan fingerprint density at radius 3 is 2.38 bits per heavy atom. The van der Waals surface area contributed by atoms with E-state index in [0.29, 0.717) is 12.5 Å². The molecule has 1 N–H and O–H groups in total. The Morgan fingerprint density at radius 2 is 1.76 bits per heavy atom. The molecule has 0 bridgehead atoms. The predicted molar refractivity (Wildman–Crippen MR) is 139 cm³/mol. The van der Waals surface area contributed by atoms with Crippen molar-refractivity contribution in [1.29, 1.82) is 0 Å². The second-order valence-electron chi connectivity index (χ2n) is 12.4. The van der Waals surface area contributed by atoms with Gasteiger partial charge in [-0.25, -0.2) is 4.98 Å². The van der Waals surface area contributed by atoms with E-state index in [2.05, 4.69) is 15.3 Å². The maximum atomic E-state index is 14.0. The van der Waals surface area contributed by atoms with Crippen molar-refractivity contribution in [3.8, 4) is 0 Å². The normalized spacial score (nSPS) is 25.8. The number of aromatic nitrogens is 2. The van der Waals surface area contributed by atoms with Gasteiger partial charge in [0.1, 0.15) is 11.7 Å². The third-order valence-corrected chi connectivity index (χ3v) is 8.80. The summed E-state index contributed by atoms with van der Waals surface area (Å²) in [5, 5.41) is 3.08. The number of Topliss-reactive ketones (excluding diaryl/α,β-unsaturated/α-hetero) is 2. The lowest BCUT2D eigenvalue weighted by atomic mass is 9.76. The second-order valence-corrected chi connectivity index (χ2v) is 12.4. The smallest absolute Gasteiger partial charge is 0.246 e. The van der Waals surface area contributed by atoms with Crippen LogP contribution in [0.25, 0.3) is 0 Å². The zero-order valence-corrected chi connectivity index (χ0v) is 22.7. The topological polar surface area (TPSA) is 109 Å². The minimum atomic E-state index is -0.779. The highest BCUT2D eigenvalue weighted by atomic mass is 16.2. The van der Waals surface area contributed by atoms with Gasteiger partial charge in [0.25, 0.3) is 0 Å². The standard InChI is InChI=1S/C29H42N4O4/c1-18(34)25-21-12-8-11-20(21)17-33(25)28(37)26(29(2,3)4)32-27(36)22(19-9-6-5-7-10-19)15-24(35)23-16-30-13-14-31-23/h13-14,16,19-22,25-26H,5-12,15,17H2,1-4H3,(H,32,36)/t20-,21-,22+,25?,26+/m0/s1. The van der Waals surface area contributed by atoms with Gasteiger partial charge in [-0.3, -0.25) is 24.2 Å². The van der Waals surface area contributed by atoms with Gasteiger partial charge in [0.05, 0.1) is 12.2 Å². The fraction of sp³-hybridized carbons (Fsp3) is 0.724. The Labute approximate surface area is 220 Å². The summed E-state index contributed by atoms with van der Waals surface area (Å²) in [6.45, 7) is 7.97. The SMILES string of the molecule is CC(=O)C1[C@H]2CCC[C@H]2CN1C(=O)[C@@H](NC(=O)[C@H](CC(=O)c1cnccn1)C1CCCCC1)C(C)(C)C. The molecule has 2 aliphatic carbocycles. The molecule has 8 heteroatoms. The van der Waals surface area contributed by atoms with Crippen molar-refractivity contribution in [3.05, 3.63) is 24.3 Å². The lowest BCUT2D eigenvalue weighted by molar-refractivity contribution is -0.144. The van der Waals surface area contributed by atoms with Crippen LogP contribution in [-0.4, -0.2) is 56.9 Å². The van der Waals surface area contributed by atoms with E-state index in [1.54, 1.807) is 11.8 Å². The highest BCUT2D eigenvalue weighted by molar-refractivity contribution is 5.98. The maximum Gasteiger partial charge on any atom is 0.246 e. The third kappa shape index (κ3) is 6.10. The van der Waals surface area contributed by atoms with Gasteiger partial charge in [-0.1, -0.05) is 46.5 Å². The first kappa shape index (κ1) is 27.4. The van der Waals surface area contributed by atoms with Gasteiger partial charge in [0, 0.05) is 31.3 Å². The minimum Gasteiger partial charge on any atom is -0.344 e. The number of carbonyl (C=O) groups excluding carboxylic acids is 4. The lowest BCUT2D eigenvalue weighted by Crippen LogP contribution is -2.58. The number of likely N-dealkylation sites (tertiary alicyclic amines) is 1. The van der Waals surface area contributed by atoms with Crippen molar-refractivity contribution >= 4 is 23.4 Å². The number of carbonyl (C=O) groups is 4. The molecule has 1 aliphatic heterocycles. The van der Waals surface area contributed by atoms with Crippen LogP contribution in [0.2, 0.25) is 0 Å². The van der Waals surface area contributed by atoms with E-state index < -0.39 is 23.4 Å². The fourth-order valence-corrected chi connectivity index (χ4v) is 6.87. The van der Waals surface area contributed by atoms with Gasteiger partial charge in [-0.15, -0.1) is 0 Å². The molecule has 3 aliphatic rings. The van der Waals surface area contributed by atoms with E-state index in [1.807, 2.05) is 20.8 Å². The van der Waals surface area contributed by atoms with Crippen LogP contribution >= 0.6 is 0 Å². The van der Waals surface area contributed by atoms with Crippen LogP contribution in [0.5, 0.6) is 0 Å². The third-order valence-electron chi connectivity index (χ3n) is 8.80. The number of amides is 2. The zero-order valence-electron chi connectivity index (χ0n) is 22.7. The molecule has 1 aromatic heterocycles. The Morgan fingerprint density at radius 1 is 1.03 bits per heavy atom. The number of hydrogen-bond acceptors (Lipinski definition) is 6. The van der Waals surface area contributed by atoms with Crippen LogP contribution in [0.3, 0.4) is 0 Å². The van der Waals surface area contributed by atoms with E-state index >= 15 is 0 Å². The van der Waals surface area contributed by atoms with E-state index in [1.165, 1.54) is 18.6 Å². The van der Waals surface area contributed by atoms with Crippen LogP contribution in [-0.2, 0) is 14.4 Å². The van der Waals surface area contributed by atoms with E-state index in [-0.39, 0.29) is 47.3 Å². The summed E-state index contributed by atoms with van der Waals surface area (Å²) in [6.07, 6.45) is 12.6. The molecule has 202 valence electrons. The van der Waals surface area contributed by atoms with E-state index in [0.717, 1.165) is 51.4 Å². The number of nitrogens with one attached hydrogen (secondary N) is 1. The molecule has 1 saturated heterocycles. The predicted octanol–water partition coefficient (Wildman–Crippen LogP) is 3.99. The number of nitrogens with zero attached hydrogens (tertiary/aromatic N) is 3. The summed E-state index contributed by atoms with van der Waals surface area (Å²) in [6, 6.07) is -1.19. The molecule has 5 atom stereocenters. The van der Waals surface area contributed by atoms with Crippen molar-refractivity contribution in [3.63, 3.8) is 0 Å². The first-order valence-corrected chi connectivity index (χ1v) is 14.0. The molecule has 4 rings (SSSR count). The number of rotatable bonds is 8.